The molecule has 2 amide bonds. The monoisotopic (exact) mass is 405 g/mol. The van der Waals surface area contributed by atoms with E-state index in [1.165, 1.54) is 18.9 Å². The van der Waals surface area contributed by atoms with Gasteiger partial charge >= 0.3 is 0 Å². The van der Waals surface area contributed by atoms with E-state index >= 15 is 0 Å². The summed E-state index contributed by atoms with van der Waals surface area (Å²) in [5, 5.41) is 0.692. The fraction of sp³-hybridized carbons (Fsp3) is 0.524. The second-order valence-corrected chi connectivity index (χ2v) is 7.63. The number of carbonyl (C=O) groups is 2. The van der Waals surface area contributed by atoms with E-state index in [4.69, 9.17) is 16.3 Å². The van der Waals surface area contributed by atoms with Gasteiger partial charge in [-0.25, -0.2) is 0 Å². The second kappa shape index (κ2) is 9.32. The lowest BCUT2D eigenvalue weighted by molar-refractivity contribution is -0.137. The van der Waals surface area contributed by atoms with Crippen molar-refractivity contribution >= 4 is 29.1 Å². The van der Waals surface area contributed by atoms with Crippen LogP contribution in [-0.2, 0) is 16.0 Å². The molecule has 2 aliphatic rings. The van der Waals surface area contributed by atoms with Gasteiger partial charge in [-0.05, 0) is 37.0 Å². The van der Waals surface area contributed by atoms with Crippen molar-refractivity contribution in [2.75, 3.05) is 51.3 Å². The van der Waals surface area contributed by atoms with Crippen molar-refractivity contribution in [1.29, 1.82) is 0 Å². The predicted octanol–water partition coefficient (Wildman–Crippen LogP) is 2.74. The third kappa shape index (κ3) is 4.61. The van der Waals surface area contributed by atoms with E-state index in [9.17, 15) is 9.59 Å². The van der Waals surface area contributed by atoms with E-state index in [-0.39, 0.29) is 11.8 Å². The molecule has 0 bridgehead atoms. The second-order valence-electron chi connectivity index (χ2n) is 7.22. The summed E-state index contributed by atoms with van der Waals surface area (Å²) in [7, 11) is 1.63. The van der Waals surface area contributed by atoms with Gasteiger partial charge in [0.15, 0.2) is 0 Å². The number of ether oxygens (including phenoxy) is 1. The van der Waals surface area contributed by atoms with E-state index in [1.54, 1.807) is 12.0 Å². The summed E-state index contributed by atoms with van der Waals surface area (Å²) in [6, 6.07) is 3.93. The zero-order valence-corrected chi connectivity index (χ0v) is 17.2. The van der Waals surface area contributed by atoms with Crippen LogP contribution in [0, 0.1) is 0 Å². The maximum absolute atomic E-state index is 12.7. The Morgan fingerprint density at radius 1 is 1.11 bits per heavy atom. The summed E-state index contributed by atoms with van der Waals surface area (Å²) in [4.78, 5) is 30.2. The first kappa shape index (κ1) is 20.5. The molecule has 0 aliphatic carbocycles. The Morgan fingerprint density at radius 3 is 2.36 bits per heavy atom. The minimum atomic E-state index is -0.0764. The normalized spacial score (nSPS) is 17.0. The number of nitrogens with zero attached hydrogens (tertiary/aromatic N) is 3. The molecule has 28 heavy (non-hydrogen) atoms. The van der Waals surface area contributed by atoms with Gasteiger partial charge in [-0.15, -0.1) is 0 Å². The van der Waals surface area contributed by atoms with Gasteiger partial charge in [0.25, 0.3) is 0 Å². The predicted molar refractivity (Wildman–Crippen MR) is 111 cm³/mol. The molecular weight excluding hydrogens is 378 g/mol. The molecular formula is C21H28ClN3O3. The molecule has 7 heteroatoms. The molecule has 2 fully saturated rings. The first-order valence-corrected chi connectivity index (χ1v) is 10.2. The molecule has 2 aliphatic heterocycles. The summed E-state index contributed by atoms with van der Waals surface area (Å²) in [6.07, 6.45) is 4.69. The van der Waals surface area contributed by atoms with Crippen molar-refractivity contribution in [2.45, 2.75) is 25.7 Å². The highest BCUT2D eigenvalue weighted by Crippen LogP contribution is 2.35. The summed E-state index contributed by atoms with van der Waals surface area (Å²) in [6.45, 7) is 7.78. The smallest absolute Gasteiger partial charge is 0.246 e. The average Bonchev–Trinajstić information content (AvgIpc) is 3.26. The number of benzene rings is 1. The van der Waals surface area contributed by atoms with Gasteiger partial charge in [0.2, 0.25) is 11.8 Å². The van der Waals surface area contributed by atoms with Crippen LogP contribution in [0.2, 0.25) is 5.02 Å². The number of halogens is 1. The number of methoxy groups -OCH3 is 1. The maximum atomic E-state index is 12.7. The number of aryl methyl sites for hydroxylation is 1. The average molecular weight is 406 g/mol. The Morgan fingerprint density at radius 2 is 1.75 bits per heavy atom. The number of hydrogen-bond acceptors (Lipinski definition) is 4. The van der Waals surface area contributed by atoms with Crippen molar-refractivity contribution in [3.05, 3.63) is 35.4 Å². The van der Waals surface area contributed by atoms with Gasteiger partial charge in [0.1, 0.15) is 5.75 Å². The zero-order chi connectivity index (χ0) is 20.1. The molecule has 0 spiro atoms. The third-order valence-corrected chi connectivity index (χ3v) is 5.83. The van der Waals surface area contributed by atoms with Gasteiger partial charge in [-0.3, -0.25) is 9.59 Å². The van der Waals surface area contributed by atoms with Gasteiger partial charge in [0, 0.05) is 51.8 Å². The molecule has 2 heterocycles. The first-order valence-electron chi connectivity index (χ1n) is 9.84. The van der Waals surface area contributed by atoms with Gasteiger partial charge < -0.3 is 19.4 Å². The Hall–Kier alpha value is -2.21. The van der Waals surface area contributed by atoms with Gasteiger partial charge in [-0.2, -0.15) is 0 Å². The largest absolute Gasteiger partial charge is 0.496 e. The third-order valence-electron chi connectivity index (χ3n) is 5.52. The highest BCUT2D eigenvalue weighted by atomic mass is 35.5. The van der Waals surface area contributed by atoms with Gasteiger partial charge in [0.05, 0.1) is 17.8 Å². The lowest BCUT2D eigenvalue weighted by Crippen LogP contribution is -2.50. The van der Waals surface area contributed by atoms with Crippen molar-refractivity contribution < 1.29 is 14.3 Å². The van der Waals surface area contributed by atoms with Crippen LogP contribution in [0.5, 0.6) is 5.75 Å². The van der Waals surface area contributed by atoms with Crippen molar-refractivity contribution in [3.63, 3.8) is 0 Å². The van der Waals surface area contributed by atoms with Crippen LogP contribution < -0.4 is 9.64 Å². The Bertz CT molecular complexity index is 739. The summed E-state index contributed by atoms with van der Waals surface area (Å²) in [5.41, 5.74) is 2.03. The SMILES string of the molecule is C=CC(=O)N1CCN(C(=O)CCc2cc(N3CCCC3)c(Cl)cc2OC)CC1. The Kier molecular flexibility index (Phi) is 6.83. The fourth-order valence-electron chi connectivity index (χ4n) is 3.88. The van der Waals surface area contributed by atoms with Crippen molar-refractivity contribution in [3.8, 4) is 5.75 Å². The van der Waals surface area contributed by atoms with E-state index in [1.807, 2.05) is 11.0 Å². The minimum absolute atomic E-state index is 0.0764. The lowest BCUT2D eigenvalue weighted by Gasteiger charge is -2.34. The summed E-state index contributed by atoms with van der Waals surface area (Å²) in [5.74, 6) is 0.750. The van der Waals surface area contributed by atoms with Crippen LogP contribution in [0.3, 0.4) is 0 Å². The Balaban J connectivity index is 1.62. The minimum Gasteiger partial charge on any atom is -0.496 e. The fourth-order valence-corrected chi connectivity index (χ4v) is 4.15. The molecule has 1 aromatic carbocycles. The van der Waals surface area contributed by atoms with Crippen molar-refractivity contribution in [1.82, 2.24) is 9.80 Å². The van der Waals surface area contributed by atoms with Crippen LogP contribution in [0.4, 0.5) is 5.69 Å². The molecule has 0 unspecified atom stereocenters. The first-order chi connectivity index (χ1) is 13.5. The molecule has 0 saturated carbocycles. The number of piperazine rings is 1. The molecule has 152 valence electrons. The summed E-state index contributed by atoms with van der Waals surface area (Å²) < 4.78 is 5.49. The lowest BCUT2D eigenvalue weighted by atomic mass is 10.1. The molecule has 0 aromatic heterocycles. The molecule has 6 nitrogen and oxygen atoms in total. The van der Waals surface area contributed by atoms with Crippen LogP contribution >= 0.6 is 11.6 Å². The van der Waals surface area contributed by atoms with Crippen LogP contribution in [0.15, 0.2) is 24.8 Å². The van der Waals surface area contributed by atoms with Crippen LogP contribution in [-0.4, -0.2) is 68.0 Å². The topological polar surface area (TPSA) is 53.1 Å². The van der Waals surface area contributed by atoms with Crippen LogP contribution in [0.1, 0.15) is 24.8 Å². The molecule has 0 atom stereocenters. The highest BCUT2D eigenvalue weighted by Gasteiger charge is 2.23. The molecule has 0 radical (unpaired) electrons. The molecule has 2 saturated heterocycles. The number of rotatable bonds is 6. The van der Waals surface area contributed by atoms with E-state index in [0.29, 0.717) is 44.0 Å². The zero-order valence-electron chi connectivity index (χ0n) is 16.5. The molecule has 0 N–H and O–H groups in total. The standard InChI is InChI=1S/C21H28ClN3O3/c1-3-20(26)24-10-12-25(13-11-24)21(27)7-6-16-14-18(23-8-4-5-9-23)17(22)15-19(16)28-2/h3,14-15H,1,4-13H2,2H3. The van der Waals surface area contributed by atoms with Crippen LogP contribution in [0.25, 0.3) is 0 Å². The highest BCUT2D eigenvalue weighted by molar-refractivity contribution is 6.33. The van der Waals surface area contributed by atoms with Gasteiger partial charge in [-0.1, -0.05) is 18.2 Å². The number of amides is 2. The quantitative estimate of drug-likeness (QED) is 0.683. The molecule has 1 aromatic rings. The molecule has 3 rings (SSSR count). The Labute approximate surface area is 171 Å². The maximum Gasteiger partial charge on any atom is 0.246 e. The number of hydrogen-bond donors (Lipinski definition) is 0. The number of carbonyl (C=O) groups excluding carboxylic acids is 2. The van der Waals surface area contributed by atoms with E-state index in [0.717, 1.165) is 30.1 Å². The van der Waals surface area contributed by atoms with Crippen molar-refractivity contribution in [2.24, 2.45) is 0 Å². The van der Waals surface area contributed by atoms with E-state index < -0.39 is 0 Å². The summed E-state index contributed by atoms with van der Waals surface area (Å²) >= 11 is 6.46. The number of anilines is 1. The van der Waals surface area contributed by atoms with E-state index in [2.05, 4.69) is 17.5 Å².